The molecule has 5 heteroatoms. The molecule has 0 aliphatic rings. The molecule has 1 aromatic rings. The lowest BCUT2D eigenvalue weighted by molar-refractivity contribution is 0.0904. The summed E-state index contributed by atoms with van der Waals surface area (Å²) in [5.41, 5.74) is 0.584. The standard InChI is InChI=1S/C10H16N2O3/c1-6(4-5-13)11-10(14)9-7(2)12-8(3)15-9/h6,13H,4-5H2,1-3H3,(H,11,14). The lowest BCUT2D eigenvalue weighted by Gasteiger charge is -2.10. The van der Waals surface area contributed by atoms with E-state index < -0.39 is 0 Å². The van der Waals surface area contributed by atoms with E-state index in [-0.39, 0.29) is 24.3 Å². The van der Waals surface area contributed by atoms with Crippen LogP contribution in [0.4, 0.5) is 0 Å². The minimum atomic E-state index is -0.283. The molecule has 0 bridgehead atoms. The number of aliphatic hydroxyl groups is 1. The molecule has 1 amide bonds. The Balaban J connectivity index is 2.65. The van der Waals surface area contributed by atoms with Crippen LogP contribution in [-0.2, 0) is 0 Å². The first-order valence-corrected chi connectivity index (χ1v) is 4.90. The van der Waals surface area contributed by atoms with Gasteiger partial charge >= 0.3 is 0 Å². The lowest BCUT2D eigenvalue weighted by Crippen LogP contribution is -2.33. The first-order valence-electron chi connectivity index (χ1n) is 4.90. The molecule has 5 nitrogen and oxygen atoms in total. The Hall–Kier alpha value is -1.36. The van der Waals surface area contributed by atoms with E-state index in [1.165, 1.54) is 0 Å². The molecule has 1 heterocycles. The predicted molar refractivity (Wildman–Crippen MR) is 54.6 cm³/mol. The summed E-state index contributed by atoms with van der Waals surface area (Å²) in [7, 11) is 0. The maximum Gasteiger partial charge on any atom is 0.289 e. The zero-order valence-corrected chi connectivity index (χ0v) is 9.20. The second-order valence-electron chi connectivity index (χ2n) is 3.53. The number of carbonyl (C=O) groups is 1. The van der Waals surface area contributed by atoms with Crippen LogP contribution in [0.3, 0.4) is 0 Å². The van der Waals surface area contributed by atoms with Crippen molar-refractivity contribution in [1.29, 1.82) is 0 Å². The molecule has 84 valence electrons. The first-order chi connectivity index (χ1) is 7.04. The molecule has 1 unspecified atom stereocenters. The molecule has 1 rings (SSSR count). The normalized spacial score (nSPS) is 12.5. The fourth-order valence-corrected chi connectivity index (χ4v) is 1.30. The van der Waals surface area contributed by atoms with Crippen LogP contribution in [-0.4, -0.2) is 28.6 Å². The highest BCUT2D eigenvalue weighted by atomic mass is 16.4. The van der Waals surface area contributed by atoms with E-state index in [2.05, 4.69) is 10.3 Å². The molecule has 15 heavy (non-hydrogen) atoms. The molecule has 1 atom stereocenters. The van der Waals surface area contributed by atoms with E-state index in [0.29, 0.717) is 18.0 Å². The SMILES string of the molecule is Cc1nc(C)c(C(=O)NC(C)CCO)o1. The molecule has 0 saturated carbocycles. The average Bonchev–Trinajstić information content (AvgIpc) is 2.45. The first kappa shape index (κ1) is 11.7. The van der Waals surface area contributed by atoms with E-state index in [4.69, 9.17) is 9.52 Å². The van der Waals surface area contributed by atoms with Crippen LogP contribution in [0.15, 0.2) is 4.42 Å². The molecule has 0 fully saturated rings. The number of aryl methyl sites for hydroxylation is 2. The highest BCUT2D eigenvalue weighted by molar-refractivity contribution is 5.92. The molecule has 0 saturated heterocycles. The highest BCUT2D eigenvalue weighted by Gasteiger charge is 2.17. The molecular formula is C10H16N2O3. The second kappa shape index (κ2) is 4.93. The van der Waals surface area contributed by atoms with Crippen molar-refractivity contribution < 1.29 is 14.3 Å². The van der Waals surface area contributed by atoms with Crippen molar-refractivity contribution in [2.24, 2.45) is 0 Å². The van der Waals surface area contributed by atoms with Crippen molar-refractivity contribution in [3.05, 3.63) is 17.3 Å². The number of oxazole rings is 1. The van der Waals surface area contributed by atoms with Crippen molar-refractivity contribution in [3.8, 4) is 0 Å². The van der Waals surface area contributed by atoms with Gasteiger partial charge in [0.15, 0.2) is 5.89 Å². The van der Waals surface area contributed by atoms with E-state index in [1.807, 2.05) is 6.92 Å². The van der Waals surface area contributed by atoms with Crippen LogP contribution in [0.25, 0.3) is 0 Å². The van der Waals surface area contributed by atoms with Crippen LogP contribution < -0.4 is 5.32 Å². The average molecular weight is 212 g/mol. The summed E-state index contributed by atoms with van der Waals surface area (Å²) < 4.78 is 5.17. The lowest BCUT2D eigenvalue weighted by atomic mass is 10.2. The minimum Gasteiger partial charge on any atom is -0.436 e. The van der Waals surface area contributed by atoms with Crippen molar-refractivity contribution in [3.63, 3.8) is 0 Å². The van der Waals surface area contributed by atoms with Gasteiger partial charge in [-0.25, -0.2) is 4.98 Å². The van der Waals surface area contributed by atoms with Gasteiger partial charge in [-0.15, -0.1) is 0 Å². The Morgan fingerprint density at radius 2 is 2.27 bits per heavy atom. The van der Waals surface area contributed by atoms with Gasteiger partial charge in [0, 0.05) is 19.6 Å². The van der Waals surface area contributed by atoms with Gasteiger partial charge in [-0.3, -0.25) is 4.79 Å². The third kappa shape index (κ3) is 3.06. The second-order valence-corrected chi connectivity index (χ2v) is 3.53. The van der Waals surface area contributed by atoms with Crippen LogP contribution in [0.2, 0.25) is 0 Å². The predicted octanol–water partition coefficient (Wildman–Crippen LogP) is 0.792. The quantitative estimate of drug-likeness (QED) is 0.773. The molecule has 0 radical (unpaired) electrons. The van der Waals surface area contributed by atoms with E-state index in [1.54, 1.807) is 13.8 Å². The number of nitrogens with one attached hydrogen (secondary N) is 1. The molecule has 2 N–H and O–H groups in total. The Morgan fingerprint density at radius 1 is 1.60 bits per heavy atom. The molecule has 0 aromatic carbocycles. The largest absolute Gasteiger partial charge is 0.436 e. The smallest absolute Gasteiger partial charge is 0.289 e. The number of hydrogen-bond donors (Lipinski definition) is 2. The Bertz CT molecular complexity index is 346. The topological polar surface area (TPSA) is 75.4 Å². The summed E-state index contributed by atoms with van der Waals surface area (Å²) in [5.74, 6) is 0.443. The highest BCUT2D eigenvalue weighted by Crippen LogP contribution is 2.09. The molecular weight excluding hydrogens is 196 g/mol. The van der Waals surface area contributed by atoms with Gasteiger partial charge in [-0.05, 0) is 20.3 Å². The van der Waals surface area contributed by atoms with Gasteiger partial charge in [-0.1, -0.05) is 0 Å². The maximum absolute atomic E-state index is 11.6. The van der Waals surface area contributed by atoms with Crippen LogP contribution >= 0.6 is 0 Å². The third-order valence-corrected chi connectivity index (χ3v) is 2.05. The van der Waals surface area contributed by atoms with Crippen molar-refractivity contribution >= 4 is 5.91 Å². The number of carbonyl (C=O) groups excluding carboxylic acids is 1. The van der Waals surface area contributed by atoms with Crippen LogP contribution in [0, 0.1) is 13.8 Å². The number of hydrogen-bond acceptors (Lipinski definition) is 4. The van der Waals surface area contributed by atoms with Crippen molar-refractivity contribution in [2.75, 3.05) is 6.61 Å². The molecule has 0 spiro atoms. The minimum absolute atomic E-state index is 0.0514. The van der Waals surface area contributed by atoms with Gasteiger partial charge in [0.05, 0.1) is 5.69 Å². The Kier molecular flexibility index (Phi) is 3.85. The van der Waals surface area contributed by atoms with Gasteiger partial charge in [0.25, 0.3) is 5.91 Å². The molecule has 0 aliphatic heterocycles. The fraction of sp³-hybridized carbons (Fsp3) is 0.600. The summed E-state index contributed by atoms with van der Waals surface area (Å²) >= 11 is 0. The summed E-state index contributed by atoms with van der Waals surface area (Å²) in [4.78, 5) is 15.6. The summed E-state index contributed by atoms with van der Waals surface area (Å²) in [6.45, 7) is 5.30. The Labute approximate surface area is 88.5 Å². The van der Waals surface area contributed by atoms with Gasteiger partial charge < -0.3 is 14.8 Å². The summed E-state index contributed by atoms with van der Waals surface area (Å²) in [6, 6.07) is -0.0766. The Morgan fingerprint density at radius 3 is 2.73 bits per heavy atom. The fourth-order valence-electron chi connectivity index (χ4n) is 1.30. The molecule has 1 aromatic heterocycles. The number of amides is 1. The summed E-state index contributed by atoms with van der Waals surface area (Å²) in [6.07, 6.45) is 0.526. The zero-order valence-electron chi connectivity index (χ0n) is 9.20. The maximum atomic E-state index is 11.6. The van der Waals surface area contributed by atoms with E-state index >= 15 is 0 Å². The van der Waals surface area contributed by atoms with Gasteiger partial charge in [0.1, 0.15) is 0 Å². The number of nitrogens with zero attached hydrogens (tertiary/aromatic N) is 1. The van der Waals surface area contributed by atoms with E-state index in [9.17, 15) is 4.79 Å². The number of aromatic nitrogens is 1. The number of aliphatic hydroxyl groups excluding tert-OH is 1. The number of rotatable bonds is 4. The third-order valence-electron chi connectivity index (χ3n) is 2.05. The van der Waals surface area contributed by atoms with Gasteiger partial charge in [0.2, 0.25) is 5.76 Å². The van der Waals surface area contributed by atoms with E-state index in [0.717, 1.165) is 0 Å². The van der Waals surface area contributed by atoms with Gasteiger partial charge in [-0.2, -0.15) is 0 Å². The monoisotopic (exact) mass is 212 g/mol. The van der Waals surface area contributed by atoms with Crippen LogP contribution in [0.5, 0.6) is 0 Å². The van der Waals surface area contributed by atoms with Crippen molar-refractivity contribution in [1.82, 2.24) is 10.3 Å². The zero-order chi connectivity index (χ0) is 11.4. The van der Waals surface area contributed by atoms with Crippen molar-refractivity contribution in [2.45, 2.75) is 33.2 Å². The summed E-state index contributed by atoms with van der Waals surface area (Å²) in [5, 5.41) is 11.4. The molecule has 0 aliphatic carbocycles. The van der Waals surface area contributed by atoms with Crippen LogP contribution in [0.1, 0.15) is 35.5 Å².